The zero-order valence-corrected chi connectivity index (χ0v) is 8.66. The molecular weight excluding hydrogens is 210 g/mol. The van der Waals surface area contributed by atoms with Crippen molar-refractivity contribution >= 4 is 23.2 Å². The largest absolute Gasteiger partial charge is 0.235 e. The van der Waals surface area contributed by atoms with Gasteiger partial charge in [-0.3, -0.25) is 0 Å². The molecular formula is C10H9Cl2F. The molecule has 1 aromatic carbocycles. The summed E-state index contributed by atoms with van der Waals surface area (Å²) in [7, 11) is 0. The monoisotopic (exact) mass is 218 g/mol. The summed E-state index contributed by atoms with van der Waals surface area (Å²) in [5, 5.41) is 0. The average molecular weight is 219 g/mol. The van der Waals surface area contributed by atoms with E-state index in [0.29, 0.717) is 5.56 Å². The van der Waals surface area contributed by atoms with Gasteiger partial charge in [0.25, 0.3) is 0 Å². The van der Waals surface area contributed by atoms with Crippen LogP contribution < -0.4 is 0 Å². The van der Waals surface area contributed by atoms with Crippen LogP contribution in [0.4, 0.5) is 4.39 Å². The van der Waals surface area contributed by atoms with Crippen molar-refractivity contribution in [3.8, 4) is 0 Å². The molecule has 1 aliphatic carbocycles. The maximum Gasteiger partial charge on any atom is 0.171 e. The highest BCUT2D eigenvalue weighted by Crippen LogP contribution is 2.65. The van der Waals surface area contributed by atoms with Gasteiger partial charge >= 0.3 is 0 Å². The number of hydrogen-bond donors (Lipinski definition) is 0. The van der Waals surface area contributed by atoms with Crippen LogP contribution in [-0.2, 0) is 5.67 Å². The van der Waals surface area contributed by atoms with Crippen molar-refractivity contribution in [3.05, 3.63) is 35.4 Å². The van der Waals surface area contributed by atoms with Gasteiger partial charge in [0.1, 0.15) is 0 Å². The van der Waals surface area contributed by atoms with Crippen LogP contribution >= 0.6 is 23.2 Å². The molecule has 0 aliphatic heterocycles. The molecule has 0 heterocycles. The van der Waals surface area contributed by atoms with Gasteiger partial charge in [-0.1, -0.05) is 53.0 Å². The van der Waals surface area contributed by atoms with E-state index in [9.17, 15) is 4.39 Å². The Balaban J connectivity index is 2.34. The molecule has 1 aliphatic rings. The number of alkyl halides is 3. The Hall–Kier alpha value is -0.270. The normalized spacial score (nSPS) is 30.2. The van der Waals surface area contributed by atoms with Crippen LogP contribution in [0.2, 0.25) is 0 Å². The van der Waals surface area contributed by atoms with Crippen molar-refractivity contribution in [2.75, 3.05) is 0 Å². The Morgan fingerprint density at radius 2 is 1.69 bits per heavy atom. The average Bonchev–Trinajstić information content (AvgIpc) is 2.53. The minimum absolute atomic E-state index is 0.187. The first-order valence-electron chi connectivity index (χ1n) is 4.10. The lowest BCUT2D eigenvalue weighted by Crippen LogP contribution is -2.07. The van der Waals surface area contributed by atoms with E-state index in [1.165, 1.54) is 0 Å². The Labute approximate surface area is 86.7 Å². The number of rotatable bonds is 1. The maximum atomic E-state index is 13.9. The van der Waals surface area contributed by atoms with Crippen LogP contribution in [0.1, 0.15) is 17.5 Å². The predicted octanol–water partition coefficient (Wildman–Crippen LogP) is 3.74. The zero-order valence-electron chi connectivity index (χ0n) is 7.15. The molecule has 0 nitrogen and oxygen atoms in total. The third-order valence-electron chi connectivity index (χ3n) is 2.43. The lowest BCUT2D eigenvalue weighted by atomic mass is 10.1. The van der Waals surface area contributed by atoms with E-state index in [2.05, 4.69) is 0 Å². The lowest BCUT2D eigenvalue weighted by Gasteiger charge is -2.08. The summed E-state index contributed by atoms with van der Waals surface area (Å²) in [4.78, 5) is 0. The summed E-state index contributed by atoms with van der Waals surface area (Å²) >= 11 is 11.4. The molecule has 0 saturated heterocycles. The summed E-state index contributed by atoms with van der Waals surface area (Å²) in [5.74, 6) is 0. The van der Waals surface area contributed by atoms with Gasteiger partial charge in [0, 0.05) is 6.42 Å². The Kier molecular flexibility index (Phi) is 1.87. The molecule has 3 heteroatoms. The van der Waals surface area contributed by atoms with E-state index in [-0.39, 0.29) is 6.42 Å². The molecule has 13 heavy (non-hydrogen) atoms. The van der Waals surface area contributed by atoms with E-state index in [0.717, 1.165) is 5.56 Å². The number of aryl methyl sites for hydroxylation is 1. The molecule has 1 fully saturated rings. The molecule has 0 spiro atoms. The first-order chi connectivity index (χ1) is 5.96. The van der Waals surface area contributed by atoms with Gasteiger partial charge in [-0.05, 0) is 12.5 Å². The summed E-state index contributed by atoms with van der Waals surface area (Å²) in [6.07, 6.45) is 0.187. The fourth-order valence-corrected chi connectivity index (χ4v) is 1.98. The third-order valence-corrected chi connectivity index (χ3v) is 3.30. The van der Waals surface area contributed by atoms with Crippen molar-refractivity contribution in [2.24, 2.45) is 0 Å². The van der Waals surface area contributed by atoms with Gasteiger partial charge in [0.2, 0.25) is 0 Å². The van der Waals surface area contributed by atoms with E-state index < -0.39 is 10.0 Å². The molecule has 0 amide bonds. The number of benzene rings is 1. The first-order valence-corrected chi connectivity index (χ1v) is 4.85. The van der Waals surface area contributed by atoms with Crippen molar-refractivity contribution in [2.45, 2.75) is 23.3 Å². The number of hydrogen-bond acceptors (Lipinski definition) is 0. The molecule has 70 valence electrons. The van der Waals surface area contributed by atoms with Crippen molar-refractivity contribution < 1.29 is 4.39 Å². The molecule has 1 aromatic rings. The van der Waals surface area contributed by atoms with Gasteiger partial charge < -0.3 is 0 Å². The van der Waals surface area contributed by atoms with Crippen LogP contribution in [0.5, 0.6) is 0 Å². The molecule has 1 unspecified atom stereocenters. The molecule has 0 bridgehead atoms. The topological polar surface area (TPSA) is 0 Å². The Bertz CT molecular complexity index is 331. The molecule has 1 saturated carbocycles. The molecule has 0 radical (unpaired) electrons. The summed E-state index contributed by atoms with van der Waals surface area (Å²) in [6.45, 7) is 1.95. The highest BCUT2D eigenvalue weighted by molar-refractivity contribution is 6.52. The molecule has 1 atom stereocenters. The highest BCUT2D eigenvalue weighted by Gasteiger charge is 2.69. The highest BCUT2D eigenvalue weighted by atomic mass is 35.5. The molecule has 0 aromatic heterocycles. The van der Waals surface area contributed by atoms with E-state index >= 15 is 0 Å². The number of halogens is 3. The molecule has 2 rings (SSSR count). The van der Waals surface area contributed by atoms with Gasteiger partial charge in [0.15, 0.2) is 10.0 Å². The second-order valence-corrected chi connectivity index (χ2v) is 5.03. The van der Waals surface area contributed by atoms with Crippen molar-refractivity contribution in [1.82, 2.24) is 0 Å². The molecule has 0 N–H and O–H groups in total. The van der Waals surface area contributed by atoms with Crippen LogP contribution in [0.3, 0.4) is 0 Å². The maximum absolute atomic E-state index is 13.9. The van der Waals surface area contributed by atoms with Crippen LogP contribution in [0, 0.1) is 6.92 Å². The van der Waals surface area contributed by atoms with E-state index in [4.69, 9.17) is 23.2 Å². The summed E-state index contributed by atoms with van der Waals surface area (Å²) in [5.41, 5.74) is 0.134. The van der Waals surface area contributed by atoms with Crippen LogP contribution in [0.15, 0.2) is 24.3 Å². The second-order valence-electron chi connectivity index (χ2n) is 3.55. The van der Waals surface area contributed by atoms with Gasteiger partial charge in [-0.15, -0.1) is 0 Å². The van der Waals surface area contributed by atoms with E-state index in [1.807, 2.05) is 19.1 Å². The summed E-state index contributed by atoms with van der Waals surface area (Å²) < 4.78 is 12.7. The third kappa shape index (κ3) is 1.35. The lowest BCUT2D eigenvalue weighted by molar-refractivity contribution is 0.312. The van der Waals surface area contributed by atoms with Gasteiger partial charge in [-0.2, -0.15) is 0 Å². The fraction of sp³-hybridized carbons (Fsp3) is 0.400. The minimum Gasteiger partial charge on any atom is -0.235 e. The van der Waals surface area contributed by atoms with Crippen LogP contribution in [-0.4, -0.2) is 4.33 Å². The van der Waals surface area contributed by atoms with Gasteiger partial charge in [-0.25, -0.2) is 4.39 Å². The second kappa shape index (κ2) is 2.61. The van der Waals surface area contributed by atoms with Gasteiger partial charge in [0.05, 0.1) is 0 Å². The standard InChI is InChI=1S/C10H9Cl2F/c1-7-2-4-8(5-3-7)9(13)6-10(9,11)12/h2-5H,6H2,1H3. The predicted molar refractivity (Wildman–Crippen MR) is 53.0 cm³/mol. The minimum atomic E-state index is -1.54. The fourth-order valence-electron chi connectivity index (χ4n) is 1.39. The Morgan fingerprint density at radius 3 is 2.08 bits per heavy atom. The zero-order chi connectivity index (χ0) is 9.69. The van der Waals surface area contributed by atoms with E-state index in [1.54, 1.807) is 12.1 Å². The quantitative estimate of drug-likeness (QED) is 0.631. The van der Waals surface area contributed by atoms with Crippen molar-refractivity contribution in [3.63, 3.8) is 0 Å². The smallest absolute Gasteiger partial charge is 0.171 e. The summed E-state index contributed by atoms with van der Waals surface area (Å²) in [6, 6.07) is 7.20. The first kappa shape index (κ1) is 9.29. The van der Waals surface area contributed by atoms with Crippen molar-refractivity contribution in [1.29, 1.82) is 0 Å². The SMILES string of the molecule is Cc1ccc(C2(F)CC2(Cl)Cl)cc1. The Morgan fingerprint density at radius 1 is 1.23 bits per heavy atom. The van der Waals surface area contributed by atoms with Crippen LogP contribution in [0.25, 0.3) is 0 Å².